The predicted octanol–water partition coefficient (Wildman–Crippen LogP) is 6.56. The van der Waals surface area contributed by atoms with Crippen molar-refractivity contribution in [1.29, 1.82) is 0 Å². The molecule has 44 heavy (non-hydrogen) atoms. The van der Waals surface area contributed by atoms with Crippen LogP contribution in [0.5, 0.6) is 0 Å². The highest BCUT2D eigenvalue weighted by molar-refractivity contribution is 8.76. The lowest BCUT2D eigenvalue weighted by Gasteiger charge is -2.14. The van der Waals surface area contributed by atoms with Crippen LogP contribution in [0.1, 0.15) is 62.0 Å². The molecule has 0 N–H and O–H groups in total. The standard InChI is InChI=1S/C30H34N12S2/c1-17(2)41-35-27(33-37-41)23-15-31-39(25-13-19(5)9-11-21(25)7)29(23)43-44-30-24(28-34-38-42(36-28)18(3)4)16-32-40(30)26-14-20(6)10-12-22(26)8/h9-18H,1-8H3. The van der Waals surface area contributed by atoms with Crippen LogP contribution in [-0.4, -0.2) is 60.0 Å². The van der Waals surface area contributed by atoms with Gasteiger partial charge in [0.1, 0.15) is 10.1 Å². The van der Waals surface area contributed by atoms with Crippen LogP contribution in [0.3, 0.4) is 0 Å². The Kier molecular flexibility index (Phi) is 8.12. The SMILES string of the molecule is Cc1ccc(C)c(-n2ncc(-c3nnn(C(C)C)n3)c2SSc2c(-c3nnn(C(C)C)n3)cnn2-c2cc(C)ccc2C)c1. The van der Waals surface area contributed by atoms with Gasteiger partial charge in [-0.2, -0.15) is 19.8 Å². The first kappa shape index (κ1) is 29.8. The summed E-state index contributed by atoms with van der Waals surface area (Å²) < 4.78 is 3.91. The van der Waals surface area contributed by atoms with E-state index in [2.05, 4.69) is 94.9 Å². The number of nitrogens with zero attached hydrogens (tertiary/aromatic N) is 12. The first-order valence-electron chi connectivity index (χ1n) is 14.4. The van der Waals surface area contributed by atoms with Gasteiger partial charge in [0.25, 0.3) is 0 Å². The van der Waals surface area contributed by atoms with E-state index in [0.717, 1.165) is 54.8 Å². The van der Waals surface area contributed by atoms with Gasteiger partial charge in [0.15, 0.2) is 0 Å². The molecule has 0 unspecified atom stereocenters. The van der Waals surface area contributed by atoms with Crippen molar-refractivity contribution in [1.82, 2.24) is 60.0 Å². The van der Waals surface area contributed by atoms with Gasteiger partial charge in [0.2, 0.25) is 11.6 Å². The quantitative estimate of drug-likeness (QED) is 0.163. The minimum Gasteiger partial charge on any atom is -0.225 e. The first-order valence-corrected chi connectivity index (χ1v) is 16.5. The van der Waals surface area contributed by atoms with Gasteiger partial charge in [-0.05, 0) is 122 Å². The van der Waals surface area contributed by atoms with Crippen LogP contribution >= 0.6 is 21.6 Å². The summed E-state index contributed by atoms with van der Waals surface area (Å²) >= 11 is 0. The monoisotopic (exact) mass is 626 g/mol. The second kappa shape index (κ2) is 12.0. The highest BCUT2D eigenvalue weighted by atomic mass is 33.1. The molecule has 6 rings (SSSR count). The van der Waals surface area contributed by atoms with E-state index in [0.29, 0.717) is 11.6 Å². The average Bonchev–Trinajstić information content (AvgIpc) is 3.79. The maximum absolute atomic E-state index is 4.83. The Labute approximate surface area is 263 Å². The van der Waals surface area contributed by atoms with Gasteiger partial charge in [-0.1, -0.05) is 24.3 Å². The zero-order valence-corrected chi connectivity index (χ0v) is 27.6. The third kappa shape index (κ3) is 5.66. The van der Waals surface area contributed by atoms with Crippen molar-refractivity contribution in [3.05, 3.63) is 71.0 Å². The van der Waals surface area contributed by atoms with Gasteiger partial charge in [0.05, 0.1) is 47.0 Å². The number of benzene rings is 2. The molecule has 6 aromatic rings. The van der Waals surface area contributed by atoms with Crippen molar-refractivity contribution in [2.75, 3.05) is 0 Å². The second-order valence-corrected chi connectivity index (χ2v) is 13.5. The Morgan fingerprint density at radius 3 is 1.36 bits per heavy atom. The zero-order valence-electron chi connectivity index (χ0n) is 26.0. The predicted molar refractivity (Wildman–Crippen MR) is 172 cm³/mol. The summed E-state index contributed by atoms with van der Waals surface area (Å²) in [5.41, 5.74) is 8.05. The highest BCUT2D eigenvalue weighted by Crippen LogP contribution is 2.46. The van der Waals surface area contributed by atoms with Gasteiger partial charge >= 0.3 is 0 Å². The normalized spacial score (nSPS) is 11.8. The smallest absolute Gasteiger partial charge is 0.209 e. The Morgan fingerprint density at radius 2 is 1.00 bits per heavy atom. The minimum atomic E-state index is 0.0806. The molecule has 4 heterocycles. The molecule has 0 bridgehead atoms. The van der Waals surface area contributed by atoms with Crippen LogP contribution in [0.4, 0.5) is 0 Å². The fourth-order valence-corrected chi connectivity index (χ4v) is 7.06. The molecule has 0 aliphatic carbocycles. The maximum atomic E-state index is 4.83. The van der Waals surface area contributed by atoms with Gasteiger partial charge in [-0.25, -0.2) is 9.36 Å². The molecule has 0 spiro atoms. The summed E-state index contributed by atoms with van der Waals surface area (Å²) in [6.45, 7) is 16.4. The summed E-state index contributed by atoms with van der Waals surface area (Å²) in [6, 6.07) is 12.9. The third-order valence-corrected chi connectivity index (χ3v) is 9.48. The molecule has 0 aliphatic heterocycles. The Morgan fingerprint density at radius 1 is 0.591 bits per heavy atom. The van der Waals surface area contributed by atoms with E-state index in [9.17, 15) is 0 Å². The van der Waals surface area contributed by atoms with E-state index in [1.165, 1.54) is 0 Å². The van der Waals surface area contributed by atoms with E-state index in [4.69, 9.17) is 10.2 Å². The van der Waals surface area contributed by atoms with E-state index in [1.807, 2.05) is 49.5 Å². The van der Waals surface area contributed by atoms with Crippen LogP contribution in [0.25, 0.3) is 34.2 Å². The molecule has 0 saturated heterocycles. The van der Waals surface area contributed by atoms with Gasteiger partial charge in [0, 0.05) is 0 Å². The minimum absolute atomic E-state index is 0.0806. The third-order valence-electron chi connectivity index (χ3n) is 7.10. The number of rotatable bonds is 9. The number of hydrogen-bond acceptors (Lipinski definition) is 10. The molecule has 0 aliphatic rings. The van der Waals surface area contributed by atoms with Crippen LogP contribution in [0.15, 0.2) is 58.8 Å². The first-order chi connectivity index (χ1) is 21.1. The van der Waals surface area contributed by atoms with Crippen molar-refractivity contribution in [2.45, 2.75) is 77.5 Å². The van der Waals surface area contributed by atoms with E-state index < -0.39 is 0 Å². The fourth-order valence-electron chi connectivity index (χ4n) is 4.56. The molecule has 0 amide bonds. The molecule has 4 aromatic heterocycles. The van der Waals surface area contributed by atoms with Crippen LogP contribution < -0.4 is 0 Å². The van der Waals surface area contributed by atoms with Gasteiger partial charge in [-0.3, -0.25) is 0 Å². The summed E-state index contributed by atoms with van der Waals surface area (Å²) in [4.78, 5) is 3.23. The van der Waals surface area contributed by atoms with Crippen LogP contribution in [0.2, 0.25) is 0 Å². The van der Waals surface area contributed by atoms with Gasteiger partial charge in [-0.15, -0.1) is 20.4 Å². The topological polar surface area (TPSA) is 123 Å². The van der Waals surface area contributed by atoms with Crippen molar-refractivity contribution < 1.29 is 0 Å². The van der Waals surface area contributed by atoms with Crippen molar-refractivity contribution >= 4 is 21.6 Å². The Balaban J connectivity index is 1.49. The summed E-state index contributed by atoms with van der Waals surface area (Å²) in [6.07, 6.45) is 3.62. The number of aromatic nitrogens is 12. The molecule has 0 saturated carbocycles. The van der Waals surface area contributed by atoms with Crippen LogP contribution in [0, 0.1) is 27.7 Å². The largest absolute Gasteiger partial charge is 0.225 e. The lowest BCUT2D eigenvalue weighted by atomic mass is 10.1. The molecule has 0 fully saturated rings. The highest BCUT2D eigenvalue weighted by Gasteiger charge is 2.25. The summed E-state index contributed by atoms with van der Waals surface area (Å²) in [7, 11) is 3.11. The Hall–Kier alpha value is -4.30. The van der Waals surface area contributed by atoms with E-state index >= 15 is 0 Å². The Bertz CT molecular complexity index is 1800. The molecule has 14 heteroatoms. The molecule has 2 aromatic carbocycles. The molecule has 12 nitrogen and oxygen atoms in total. The molecule has 0 atom stereocenters. The van der Waals surface area contributed by atoms with E-state index in [-0.39, 0.29) is 12.1 Å². The molecule has 226 valence electrons. The number of aryl methyl sites for hydroxylation is 4. The van der Waals surface area contributed by atoms with Crippen molar-refractivity contribution in [3.8, 4) is 34.2 Å². The van der Waals surface area contributed by atoms with Crippen LogP contribution in [-0.2, 0) is 0 Å². The summed E-state index contributed by atoms with van der Waals surface area (Å²) in [5, 5.41) is 38.1. The number of hydrogen-bond donors (Lipinski definition) is 0. The fraction of sp³-hybridized carbons (Fsp3) is 0.333. The molecule has 0 radical (unpaired) electrons. The molecular weight excluding hydrogens is 593 g/mol. The molecular formula is C30H34N12S2. The maximum Gasteiger partial charge on any atom is 0.209 e. The summed E-state index contributed by atoms with van der Waals surface area (Å²) in [5.74, 6) is 1.03. The van der Waals surface area contributed by atoms with Crippen molar-refractivity contribution in [3.63, 3.8) is 0 Å². The number of tetrazole rings is 2. The van der Waals surface area contributed by atoms with Gasteiger partial charge < -0.3 is 0 Å². The lowest BCUT2D eigenvalue weighted by molar-refractivity contribution is 0.455. The lowest BCUT2D eigenvalue weighted by Crippen LogP contribution is -2.05. The average molecular weight is 627 g/mol. The zero-order chi connectivity index (χ0) is 31.1. The second-order valence-electron chi connectivity index (χ2n) is 11.4. The van der Waals surface area contributed by atoms with E-state index in [1.54, 1.807) is 31.2 Å². The van der Waals surface area contributed by atoms with Crippen molar-refractivity contribution in [2.24, 2.45) is 0 Å².